The largest absolute Gasteiger partial charge is 0.458 e. The number of carbonyl (C=O) groups excluding carboxylic acids is 1. The van der Waals surface area contributed by atoms with Crippen molar-refractivity contribution in [1.29, 1.82) is 0 Å². The number of hydrogen-bond donors (Lipinski definition) is 1. The van der Waals surface area contributed by atoms with E-state index in [9.17, 15) is 75.8 Å². The Bertz CT molecular complexity index is 1520. The van der Waals surface area contributed by atoms with E-state index in [0.29, 0.717) is 31.7 Å². The molecule has 4 atom stereocenters. The summed E-state index contributed by atoms with van der Waals surface area (Å²) in [5, 5.41) is 10.6. The fourth-order valence-electron chi connectivity index (χ4n) is 8.24. The Morgan fingerprint density at radius 3 is 1.66 bits per heavy atom. The van der Waals surface area contributed by atoms with Crippen LogP contribution in [0.4, 0.5) is 65.9 Å². The molecule has 0 heterocycles. The normalized spacial score (nSPS) is 25.8. The lowest BCUT2D eigenvalue weighted by Crippen LogP contribution is -2.61. The molecule has 4 aliphatic carbocycles. The van der Waals surface area contributed by atoms with Crippen molar-refractivity contribution in [2.45, 2.75) is 145 Å². The number of aliphatic hydroxyl groups is 1. The van der Waals surface area contributed by atoms with Crippen LogP contribution in [0.25, 0.3) is 0 Å². The van der Waals surface area contributed by atoms with Gasteiger partial charge in [0.15, 0.2) is 10.8 Å². The van der Waals surface area contributed by atoms with Crippen LogP contribution in [0, 0.1) is 17.3 Å². The molecule has 4 bridgehead atoms. The Kier molecular flexibility index (Phi) is 14.4. The molecule has 4 saturated carbocycles. The van der Waals surface area contributed by atoms with Crippen molar-refractivity contribution >= 4 is 5.97 Å². The van der Waals surface area contributed by atoms with E-state index in [4.69, 9.17) is 4.74 Å². The zero-order valence-electron chi connectivity index (χ0n) is 32.4. The summed E-state index contributed by atoms with van der Waals surface area (Å²) < 4.78 is 225. The highest BCUT2D eigenvalue weighted by molar-refractivity contribution is 5.78. The second-order valence-corrected chi connectivity index (χ2v) is 16.1. The van der Waals surface area contributed by atoms with Crippen molar-refractivity contribution in [3.05, 3.63) is 34.9 Å². The smallest absolute Gasteiger partial charge is 0.430 e. The van der Waals surface area contributed by atoms with Crippen molar-refractivity contribution in [2.75, 3.05) is 27.1 Å². The van der Waals surface area contributed by atoms with Gasteiger partial charge in [0.25, 0.3) is 5.60 Å². The van der Waals surface area contributed by atoms with Crippen molar-refractivity contribution in [1.82, 2.24) is 0 Å². The summed E-state index contributed by atoms with van der Waals surface area (Å²) >= 11 is 0. The average molecular weight is 873 g/mol. The Hall–Kier alpha value is -2.52. The van der Waals surface area contributed by atoms with Gasteiger partial charge in [0, 0.05) is 19.1 Å². The summed E-state index contributed by atoms with van der Waals surface area (Å²) in [4.78, 5) is 12.3. The van der Waals surface area contributed by atoms with Gasteiger partial charge >= 0.3 is 36.9 Å². The Labute approximate surface area is 325 Å². The van der Waals surface area contributed by atoms with E-state index >= 15 is 0 Å². The minimum atomic E-state index is -6.37. The third-order valence-electron chi connectivity index (χ3n) is 11.9. The molecule has 1 N–H and O–H groups in total. The van der Waals surface area contributed by atoms with Gasteiger partial charge < -0.3 is 24.1 Å². The number of methoxy groups -OCH3 is 1. The van der Waals surface area contributed by atoms with Crippen LogP contribution >= 0.6 is 0 Å². The second-order valence-electron chi connectivity index (χ2n) is 16.1. The summed E-state index contributed by atoms with van der Waals surface area (Å²) in [6, 6.07) is 0.148. The number of benzene rings is 1. The first-order valence-electron chi connectivity index (χ1n) is 18.3. The SMILES string of the molecule is CCC(C)(C(=O)OC12CC3CC(CC(O)(C3)C1)C2)C(F)(F)F.CCC(C)c1cc(C(C)(C(F)(F)F)C(F)(F)F)cc(C(OCOCCOC)(C(F)(F)F)C(F)(F)F)c1. The first-order valence-corrected chi connectivity index (χ1v) is 18.3. The van der Waals surface area contributed by atoms with Crippen LogP contribution in [-0.2, 0) is 34.8 Å². The van der Waals surface area contributed by atoms with Gasteiger partial charge in [0.1, 0.15) is 12.4 Å². The minimum absolute atomic E-state index is 0.0241. The summed E-state index contributed by atoms with van der Waals surface area (Å²) in [6.07, 6.45) is -26.1. The molecule has 4 aliphatic rings. The van der Waals surface area contributed by atoms with E-state index in [1.165, 1.54) is 20.8 Å². The third-order valence-corrected chi connectivity index (χ3v) is 11.9. The van der Waals surface area contributed by atoms with Crippen LogP contribution in [0.5, 0.6) is 0 Å². The Morgan fingerprint density at radius 2 is 1.26 bits per heavy atom. The number of alkyl halides is 15. The maximum atomic E-state index is 14.1. The molecule has 0 aliphatic heterocycles. The van der Waals surface area contributed by atoms with Gasteiger partial charge in [-0.3, -0.25) is 4.79 Å². The molecule has 0 radical (unpaired) electrons. The van der Waals surface area contributed by atoms with Gasteiger partial charge in [0.05, 0.1) is 18.8 Å². The van der Waals surface area contributed by atoms with E-state index in [-0.39, 0.29) is 50.7 Å². The van der Waals surface area contributed by atoms with Crippen molar-refractivity contribution in [2.24, 2.45) is 17.3 Å². The topological polar surface area (TPSA) is 74.2 Å². The predicted molar refractivity (Wildman–Crippen MR) is 175 cm³/mol. The molecule has 1 aromatic carbocycles. The fraction of sp³-hybridized carbons (Fsp3) is 0.811. The first-order chi connectivity index (χ1) is 26.1. The number of rotatable bonds is 13. The average Bonchev–Trinajstić information content (AvgIpc) is 3.04. The number of esters is 1. The highest BCUT2D eigenvalue weighted by Crippen LogP contribution is 2.60. The lowest BCUT2D eigenvalue weighted by atomic mass is 9.52. The van der Waals surface area contributed by atoms with Gasteiger partial charge in [-0.05, 0) is 87.7 Å². The molecular weight excluding hydrogens is 825 g/mol. The molecule has 58 heavy (non-hydrogen) atoms. The van der Waals surface area contributed by atoms with Gasteiger partial charge in [-0.1, -0.05) is 39.0 Å². The molecule has 21 heteroatoms. The minimum Gasteiger partial charge on any atom is -0.458 e. The Balaban J connectivity index is 0.000000345. The number of carbonyl (C=O) groups is 1. The van der Waals surface area contributed by atoms with E-state index < -0.39 is 107 Å². The number of ether oxygens (including phenoxy) is 4. The third kappa shape index (κ3) is 9.51. The highest BCUT2D eigenvalue weighted by Gasteiger charge is 2.75. The van der Waals surface area contributed by atoms with Crippen molar-refractivity contribution in [3.63, 3.8) is 0 Å². The molecule has 0 amide bonds. The van der Waals surface area contributed by atoms with Crippen LogP contribution < -0.4 is 0 Å². The number of halogens is 15. The standard InChI is InChI=1S/C21H24F12O3.C16H23F3O3/c1-5-12(2)13-8-14(16(3,18(22,23)24)19(25,26)27)10-15(9-13)17(20(28,29)30,21(31,32)33)36-11-35-7-6-34-4;1-3-13(2,16(17,18)19)12(20)22-15-7-10-4-11(8-15)6-14(21,5-10)9-15/h8-10,12H,5-7,11H2,1-4H3;10-11,21H,3-9H2,1-2H3. The molecule has 5 rings (SSSR count). The van der Waals surface area contributed by atoms with E-state index in [1.54, 1.807) is 0 Å². The van der Waals surface area contributed by atoms with Crippen molar-refractivity contribution in [3.8, 4) is 0 Å². The fourth-order valence-corrected chi connectivity index (χ4v) is 8.24. The Morgan fingerprint density at radius 1 is 0.759 bits per heavy atom. The predicted octanol–water partition coefficient (Wildman–Crippen LogP) is 11.1. The molecule has 4 fully saturated rings. The maximum absolute atomic E-state index is 14.1. The summed E-state index contributed by atoms with van der Waals surface area (Å²) in [7, 11) is 1.15. The van der Waals surface area contributed by atoms with E-state index in [0.717, 1.165) is 20.5 Å². The van der Waals surface area contributed by atoms with Crippen LogP contribution in [0.3, 0.4) is 0 Å². The molecule has 4 unspecified atom stereocenters. The zero-order valence-corrected chi connectivity index (χ0v) is 32.4. The van der Waals surface area contributed by atoms with Crippen LogP contribution in [0.2, 0.25) is 0 Å². The summed E-state index contributed by atoms with van der Waals surface area (Å²) in [5.74, 6) is -1.67. The molecule has 0 aromatic heterocycles. The summed E-state index contributed by atoms with van der Waals surface area (Å²) in [6.45, 7) is 2.10. The number of hydrogen-bond acceptors (Lipinski definition) is 6. The zero-order chi connectivity index (χ0) is 44.8. The van der Waals surface area contributed by atoms with E-state index in [1.807, 2.05) is 0 Å². The van der Waals surface area contributed by atoms with Gasteiger partial charge in [0.2, 0.25) is 0 Å². The van der Waals surface area contributed by atoms with Gasteiger partial charge in [-0.2, -0.15) is 65.9 Å². The van der Waals surface area contributed by atoms with Crippen LogP contribution in [0.1, 0.15) is 109 Å². The molecule has 6 nitrogen and oxygen atoms in total. The molecule has 0 saturated heterocycles. The van der Waals surface area contributed by atoms with Crippen molar-refractivity contribution < 1.29 is 94.7 Å². The lowest BCUT2D eigenvalue weighted by Gasteiger charge is -2.59. The van der Waals surface area contributed by atoms with E-state index in [2.05, 4.69) is 14.2 Å². The molecule has 0 spiro atoms. The molecule has 1 aromatic rings. The monoisotopic (exact) mass is 872 g/mol. The highest BCUT2D eigenvalue weighted by atomic mass is 19.4. The summed E-state index contributed by atoms with van der Waals surface area (Å²) in [5.41, 5.74) is -18.8. The van der Waals surface area contributed by atoms with Gasteiger partial charge in [-0.15, -0.1) is 0 Å². The van der Waals surface area contributed by atoms with Gasteiger partial charge in [-0.25, -0.2) is 0 Å². The quantitative estimate of drug-likeness (QED) is 0.0921. The molecule has 336 valence electrons. The van der Waals surface area contributed by atoms with Crippen LogP contribution in [-0.4, -0.2) is 80.3 Å². The maximum Gasteiger partial charge on any atom is 0.430 e. The van der Waals surface area contributed by atoms with Crippen LogP contribution in [0.15, 0.2) is 18.2 Å². The lowest BCUT2D eigenvalue weighted by molar-refractivity contribution is -0.401. The first kappa shape index (κ1) is 49.8. The second kappa shape index (κ2) is 16.7. The molecular formula is C37H47F15O6.